The highest BCUT2D eigenvalue weighted by Crippen LogP contribution is 2.19. The summed E-state index contributed by atoms with van der Waals surface area (Å²) >= 11 is 3.46. The van der Waals surface area contributed by atoms with Gasteiger partial charge in [-0.3, -0.25) is 0 Å². The molecule has 0 saturated carbocycles. The minimum absolute atomic E-state index is 0.326. The normalized spacial score (nSPS) is 12.0. The molecule has 0 atom stereocenters. The third-order valence-electron chi connectivity index (χ3n) is 2.47. The molecule has 0 aromatic carbocycles. The molecule has 0 radical (unpaired) electrons. The minimum atomic E-state index is 0.326. The molecule has 4 nitrogen and oxygen atoms in total. The van der Waals surface area contributed by atoms with Crippen molar-refractivity contribution in [2.45, 2.75) is 27.2 Å². The van der Waals surface area contributed by atoms with E-state index in [0.717, 1.165) is 23.1 Å². The standard InChI is InChI=1S/C12H17BrN4/c1-12(2,3)6-7-14-11-15-10-9(13)5-4-8-17(10)16-11/h4-5,8H,6-7H2,1-3H3,(H,14,16). The Bertz CT molecular complexity index is 513. The summed E-state index contributed by atoms with van der Waals surface area (Å²) in [5.74, 6) is 0.682. The quantitative estimate of drug-likeness (QED) is 0.944. The summed E-state index contributed by atoms with van der Waals surface area (Å²) in [6.07, 6.45) is 2.98. The molecule has 0 amide bonds. The molecule has 0 spiro atoms. The van der Waals surface area contributed by atoms with Gasteiger partial charge in [0.2, 0.25) is 5.95 Å². The van der Waals surface area contributed by atoms with Gasteiger partial charge in [-0.2, -0.15) is 4.98 Å². The van der Waals surface area contributed by atoms with Crippen LogP contribution in [0.5, 0.6) is 0 Å². The third kappa shape index (κ3) is 3.19. The predicted molar refractivity (Wildman–Crippen MR) is 73.2 cm³/mol. The molecule has 0 fully saturated rings. The number of hydrogen-bond acceptors (Lipinski definition) is 3. The molecule has 2 aromatic rings. The number of halogens is 1. The molecular formula is C12H17BrN4. The van der Waals surface area contributed by atoms with Crippen LogP contribution in [0.15, 0.2) is 22.8 Å². The SMILES string of the molecule is CC(C)(C)CCNc1nc2c(Br)cccn2n1. The van der Waals surface area contributed by atoms with Gasteiger partial charge in [-0.1, -0.05) is 20.8 Å². The zero-order valence-electron chi connectivity index (χ0n) is 10.4. The van der Waals surface area contributed by atoms with Crippen molar-refractivity contribution in [3.05, 3.63) is 22.8 Å². The summed E-state index contributed by atoms with van der Waals surface area (Å²) in [7, 11) is 0. The van der Waals surface area contributed by atoms with Gasteiger partial charge in [0.1, 0.15) is 0 Å². The fraction of sp³-hybridized carbons (Fsp3) is 0.500. The highest BCUT2D eigenvalue weighted by Gasteiger charge is 2.10. The first-order valence-electron chi connectivity index (χ1n) is 5.70. The minimum Gasteiger partial charge on any atom is -0.353 e. The molecule has 2 rings (SSSR count). The van der Waals surface area contributed by atoms with Gasteiger partial charge in [0, 0.05) is 12.7 Å². The maximum absolute atomic E-state index is 4.43. The molecule has 2 heterocycles. The monoisotopic (exact) mass is 296 g/mol. The molecule has 0 unspecified atom stereocenters. The van der Waals surface area contributed by atoms with E-state index in [-0.39, 0.29) is 0 Å². The zero-order valence-corrected chi connectivity index (χ0v) is 12.0. The predicted octanol–water partition coefficient (Wildman–Crippen LogP) is 3.34. The Morgan fingerprint density at radius 2 is 2.18 bits per heavy atom. The van der Waals surface area contributed by atoms with Gasteiger partial charge in [-0.15, -0.1) is 5.10 Å². The number of anilines is 1. The van der Waals surface area contributed by atoms with Gasteiger partial charge in [-0.05, 0) is 39.9 Å². The first-order valence-corrected chi connectivity index (χ1v) is 6.50. The Balaban J connectivity index is 2.07. The lowest BCUT2D eigenvalue weighted by molar-refractivity contribution is 0.389. The number of aromatic nitrogens is 3. The molecule has 0 aliphatic rings. The first-order chi connectivity index (χ1) is 7.96. The van der Waals surface area contributed by atoms with Crippen molar-refractivity contribution in [2.24, 2.45) is 5.41 Å². The van der Waals surface area contributed by atoms with E-state index >= 15 is 0 Å². The van der Waals surface area contributed by atoms with Crippen molar-refractivity contribution in [1.29, 1.82) is 0 Å². The number of nitrogens with zero attached hydrogens (tertiary/aromatic N) is 3. The Labute approximate surface area is 110 Å². The lowest BCUT2D eigenvalue weighted by Crippen LogP contribution is -2.13. The zero-order chi connectivity index (χ0) is 12.5. The smallest absolute Gasteiger partial charge is 0.243 e. The maximum atomic E-state index is 4.43. The highest BCUT2D eigenvalue weighted by atomic mass is 79.9. The molecular weight excluding hydrogens is 280 g/mol. The molecule has 5 heteroatoms. The van der Waals surface area contributed by atoms with Gasteiger partial charge in [0.05, 0.1) is 4.47 Å². The van der Waals surface area contributed by atoms with Crippen molar-refractivity contribution in [3.8, 4) is 0 Å². The summed E-state index contributed by atoms with van der Waals surface area (Å²) in [5.41, 5.74) is 1.16. The van der Waals surface area contributed by atoms with Crippen LogP contribution in [0, 0.1) is 5.41 Å². The van der Waals surface area contributed by atoms with Crippen LogP contribution in [0.4, 0.5) is 5.95 Å². The van der Waals surface area contributed by atoms with Gasteiger partial charge >= 0.3 is 0 Å². The van der Waals surface area contributed by atoms with Gasteiger partial charge in [0.15, 0.2) is 5.65 Å². The average Bonchev–Trinajstić information content (AvgIpc) is 2.60. The van der Waals surface area contributed by atoms with Crippen molar-refractivity contribution in [1.82, 2.24) is 14.6 Å². The molecule has 1 N–H and O–H groups in total. The number of hydrogen-bond donors (Lipinski definition) is 1. The number of rotatable bonds is 3. The van der Waals surface area contributed by atoms with Crippen molar-refractivity contribution < 1.29 is 0 Å². The first kappa shape index (κ1) is 12.4. The van der Waals surface area contributed by atoms with E-state index in [9.17, 15) is 0 Å². The topological polar surface area (TPSA) is 42.2 Å². The van der Waals surface area contributed by atoms with Crippen LogP contribution in [0.25, 0.3) is 5.65 Å². The summed E-state index contributed by atoms with van der Waals surface area (Å²) in [5, 5.41) is 7.61. The van der Waals surface area contributed by atoms with Crippen LogP contribution in [-0.2, 0) is 0 Å². The molecule has 92 valence electrons. The van der Waals surface area contributed by atoms with E-state index in [1.54, 1.807) is 4.52 Å². The number of nitrogens with one attached hydrogen (secondary N) is 1. The molecule has 2 aromatic heterocycles. The fourth-order valence-corrected chi connectivity index (χ4v) is 1.92. The van der Waals surface area contributed by atoms with Crippen LogP contribution < -0.4 is 5.32 Å². The van der Waals surface area contributed by atoms with E-state index in [2.05, 4.69) is 52.1 Å². The summed E-state index contributed by atoms with van der Waals surface area (Å²) in [6, 6.07) is 3.90. The lowest BCUT2D eigenvalue weighted by atomic mass is 9.92. The summed E-state index contributed by atoms with van der Waals surface area (Å²) in [6.45, 7) is 7.56. The van der Waals surface area contributed by atoms with Crippen molar-refractivity contribution in [2.75, 3.05) is 11.9 Å². The summed E-state index contributed by atoms with van der Waals surface area (Å²) < 4.78 is 2.72. The van der Waals surface area contributed by atoms with Crippen LogP contribution in [0.3, 0.4) is 0 Å². The molecule has 0 saturated heterocycles. The lowest BCUT2D eigenvalue weighted by Gasteiger charge is -2.17. The van der Waals surface area contributed by atoms with E-state index in [1.807, 2.05) is 18.3 Å². The number of fused-ring (bicyclic) bond motifs is 1. The van der Waals surface area contributed by atoms with Crippen molar-refractivity contribution in [3.63, 3.8) is 0 Å². The van der Waals surface area contributed by atoms with Crippen LogP contribution >= 0.6 is 15.9 Å². The van der Waals surface area contributed by atoms with Gasteiger partial charge in [0.25, 0.3) is 0 Å². The Morgan fingerprint density at radius 1 is 1.41 bits per heavy atom. The number of pyridine rings is 1. The average molecular weight is 297 g/mol. The van der Waals surface area contributed by atoms with Crippen LogP contribution in [0.1, 0.15) is 27.2 Å². The second-order valence-corrected chi connectivity index (χ2v) is 6.15. The van der Waals surface area contributed by atoms with Crippen LogP contribution in [0.2, 0.25) is 0 Å². The third-order valence-corrected chi connectivity index (χ3v) is 3.09. The largest absolute Gasteiger partial charge is 0.353 e. The Kier molecular flexibility index (Phi) is 3.38. The second-order valence-electron chi connectivity index (χ2n) is 5.30. The molecule has 0 bridgehead atoms. The van der Waals surface area contributed by atoms with E-state index in [1.165, 1.54) is 0 Å². The van der Waals surface area contributed by atoms with Gasteiger partial charge in [-0.25, -0.2) is 4.52 Å². The molecule has 0 aliphatic heterocycles. The Morgan fingerprint density at radius 3 is 2.82 bits per heavy atom. The fourth-order valence-electron chi connectivity index (χ4n) is 1.50. The second kappa shape index (κ2) is 4.64. The molecule has 17 heavy (non-hydrogen) atoms. The molecule has 0 aliphatic carbocycles. The van der Waals surface area contributed by atoms with Gasteiger partial charge < -0.3 is 5.32 Å². The summed E-state index contributed by atoms with van der Waals surface area (Å²) in [4.78, 5) is 4.43. The van der Waals surface area contributed by atoms with Crippen LogP contribution in [-0.4, -0.2) is 21.1 Å². The Hall–Kier alpha value is -1.10. The maximum Gasteiger partial charge on any atom is 0.243 e. The van der Waals surface area contributed by atoms with E-state index in [4.69, 9.17) is 0 Å². The van der Waals surface area contributed by atoms with E-state index < -0.39 is 0 Å². The van der Waals surface area contributed by atoms with E-state index in [0.29, 0.717) is 11.4 Å². The van der Waals surface area contributed by atoms with Crippen molar-refractivity contribution >= 4 is 27.5 Å². The highest BCUT2D eigenvalue weighted by molar-refractivity contribution is 9.10.